The number of carbonyl (C=O) groups is 1. The zero-order valence-corrected chi connectivity index (χ0v) is 8.41. The molecule has 12 heavy (non-hydrogen) atoms. The van der Waals surface area contributed by atoms with Crippen LogP contribution in [-0.4, -0.2) is 29.5 Å². The Hall–Kier alpha value is -0.220. The van der Waals surface area contributed by atoms with Crippen LogP contribution in [0, 0.1) is 0 Å². The maximum atomic E-state index is 11.4. The molecule has 0 spiro atoms. The Morgan fingerprint density at radius 3 is 2.75 bits per heavy atom. The predicted octanol–water partition coefficient (Wildman–Crippen LogP) is 0.345. The molecule has 1 aliphatic rings. The van der Waals surface area contributed by atoms with Gasteiger partial charge in [0.25, 0.3) is 0 Å². The van der Waals surface area contributed by atoms with Gasteiger partial charge in [0.2, 0.25) is 5.91 Å². The molecular weight excluding hydrogens is 172 g/mol. The number of rotatable bonds is 4. The van der Waals surface area contributed by atoms with E-state index in [1.165, 1.54) is 0 Å². The molecule has 3 N–H and O–H groups in total. The van der Waals surface area contributed by atoms with Crippen molar-refractivity contribution in [2.45, 2.75) is 31.3 Å². The van der Waals surface area contributed by atoms with Crippen LogP contribution in [-0.2, 0) is 4.79 Å². The fourth-order valence-corrected chi connectivity index (χ4v) is 1.60. The molecule has 0 saturated heterocycles. The summed E-state index contributed by atoms with van der Waals surface area (Å²) in [6.45, 7) is 2.00. The molecule has 1 fully saturated rings. The molecule has 1 aliphatic carbocycles. The molecule has 1 atom stereocenters. The zero-order chi connectivity index (χ0) is 9.19. The Balaban J connectivity index is 2.26. The van der Waals surface area contributed by atoms with Gasteiger partial charge in [-0.2, -0.15) is 11.8 Å². The summed E-state index contributed by atoms with van der Waals surface area (Å²) in [6, 6.07) is 0.230. The predicted molar refractivity (Wildman–Crippen MR) is 52.1 cm³/mol. The molecule has 3 nitrogen and oxygen atoms in total. The number of amides is 1. The maximum absolute atomic E-state index is 11.4. The second-order valence-electron chi connectivity index (χ2n) is 3.49. The second kappa shape index (κ2) is 3.66. The van der Waals surface area contributed by atoms with Gasteiger partial charge in [-0.1, -0.05) is 0 Å². The Bertz CT molecular complexity index is 180. The molecule has 0 bridgehead atoms. The van der Waals surface area contributed by atoms with Crippen molar-refractivity contribution >= 4 is 17.7 Å². The SMILES string of the molecule is CSCC(C)NC(=O)C1(N)CC1. The van der Waals surface area contributed by atoms with Gasteiger partial charge < -0.3 is 11.1 Å². The third kappa shape index (κ3) is 2.38. The van der Waals surface area contributed by atoms with Crippen molar-refractivity contribution in [3.8, 4) is 0 Å². The highest BCUT2D eigenvalue weighted by atomic mass is 32.2. The van der Waals surface area contributed by atoms with Crippen molar-refractivity contribution in [2.75, 3.05) is 12.0 Å². The Morgan fingerprint density at radius 1 is 1.75 bits per heavy atom. The minimum Gasteiger partial charge on any atom is -0.351 e. The van der Waals surface area contributed by atoms with E-state index in [0.717, 1.165) is 18.6 Å². The van der Waals surface area contributed by atoms with Crippen molar-refractivity contribution in [1.82, 2.24) is 5.32 Å². The fraction of sp³-hybridized carbons (Fsp3) is 0.875. The monoisotopic (exact) mass is 188 g/mol. The molecule has 0 radical (unpaired) electrons. The molecule has 0 aromatic heterocycles. The van der Waals surface area contributed by atoms with Crippen molar-refractivity contribution in [3.63, 3.8) is 0 Å². The topological polar surface area (TPSA) is 55.1 Å². The summed E-state index contributed by atoms with van der Waals surface area (Å²) in [6.07, 6.45) is 3.70. The highest BCUT2D eigenvalue weighted by molar-refractivity contribution is 7.98. The molecule has 1 rings (SSSR count). The van der Waals surface area contributed by atoms with E-state index in [1.807, 2.05) is 13.2 Å². The summed E-state index contributed by atoms with van der Waals surface area (Å²) in [4.78, 5) is 11.4. The molecule has 70 valence electrons. The van der Waals surface area contributed by atoms with Gasteiger partial charge in [0.15, 0.2) is 0 Å². The van der Waals surface area contributed by atoms with Crippen LogP contribution in [0.2, 0.25) is 0 Å². The van der Waals surface area contributed by atoms with E-state index in [1.54, 1.807) is 11.8 Å². The molecule has 0 aromatic rings. The third-order valence-corrected chi connectivity index (χ3v) is 2.87. The van der Waals surface area contributed by atoms with Crippen LogP contribution in [0.4, 0.5) is 0 Å². The number of thioether (sulfide) groups is 1. The molecule has 4 heteroatoms. The van der Waals surface area contributed by atoms with Gasteiger partial charge in [0.05, 0.1) is 5.54 Å². The average molecular weight is 188 g/mol. The average Bonchev–Trinajstić information content (AvgIpc) is 2.69. The van der Waals surface area contributed by atoms with E-state index in [0.29, 0.717) is 0 Å². The molecule has 0 heterocycles. The smallest absolute Gasteiger partial charge is 0.240 e. The van der Waals surface area contributed by atoms with Crippen molar-refractivity contribution in [1.29, 1.82) is 0 Å². The molecular formula is C8H16N2OS. The molecule has 1 amide bonds. The quantitative estimate of drug-likeness (QED) is 0.669. The lowest BCUT2D eigenvalue weighted by Crippen LogP contribution is -2.46. The van der Waals surface area contributed by atoms with Crippen LogP contribution in [0.25, 0.3) is 0 Å². The van der Waals surface area contributed by atoms with Gasteiger partial charge in [0.1, 0.15) is 0 Å². The van der Waals surface area contributed by atoms with Crippen LogP contribution in [0.1, 0.15) is 19.8 Å². The number of nitrogens with one attached hydrogen (secondary N) is 1. The number of hydrogen-bond donors (Lipinski definition) is 2. The molecule has 0 aromatic carbocycles. The van der Waals surface area contributed by atoms with Crippen molar-refractivity contribution in [3.05, 3.63) is 0 Å². The Labute approximate surface area is 77.5 Å². The van der Waals surface area contributed by atoms with Gasteiger partial charge in [-0.05, 0) is 26.0 Å². The lowest BCUT2D eigenvalue weighted by Gasteiger charge is -2.15. The van der Waals surface area contributed by atoms with Crippen LogP contribution in [0.15, 0.2) is 0 Å². The van der Waals surface area contributed by atoms with E-state index in [2.05, 4.69) is 5.32 Å². The zero-order valence-electron chi connectivity index (χ0n) is 7.59. The summed E-state index contributed by atoms with van der Waals surface area (Å²) in [5.41, 5.74) is 5.19. The fourth-order valence-electron chi connectivity index (χ4n) is 1.02. The maximum Gasteiger partial charge on any atom is 0.240 e. The van der Waals surface area contributed by atoms with Crippen LogP contribution in [0.5, 0.6) is 0 Å². The van der Waals surface area contributed by atoms with Crippen LogP contribution < -0.4 is 11.1 Å². The first-order valence-electron chi connectivity index (χ1n) is 4.17. The van der Waals surface area contributed by atoms with Gasteiger partial charge >= 0.3 is 0 Å². The normalized spacial score (nSPS) is 21.6. The van der Waals surface area contributed by atoms with Gasteiger partial charge in [-0.3, -0.25) is 4.79 Å². The van der Waals surface area contributed by atoms with E-state index in [4.69, 9.17) is 5.73 Å². The summed E-state index contributed by atoms with van der Waals surface area (Å²) in [7, 11) is 0. The van der Waals surface area contributed by atoms with Crippen LogP contribution in [0.3, 0.4) is 0 Å². The summed E-state index contributed by atoms with van der Waals surface area (Å²) >= 11 is 1.73. The summed E-state index contributed by atoms with van der Waals surface area (Å²) in [5, 5.41) is 2.90. The third-order valence-electron chi connectivity index (χ3n) is 2.04. The minimum atomic E-state index is -0.521. The van der Waals surface area contributed by atoms with Gasteiger partial charge in [0, 0.05) is 11.8 Å². The Morgan fingerprint density at radius 2 is 2.33 bits per heavy atom. The highest BCUT2D eigenvalue weighted by Gasteiger charge is 2.46. The summed E-state index contributed by atoms with van der Waals surface area (Å²) in [5.74, 6) is 0.964. The first-order valence-corrected chi connectivity index (χ1v) is 5.56. The first kappa shape index (κ1) is 9.86. The number of carbonyl (C=O) groups excluding carboxylic acids is 1. The summed E-state index contributed by atoms with van der Waals surface area (Å²) < 4.78 is 0. The number of hydrogen-bond acceptors (Lipinski definition) is 3. The largest absolute Gasteiger partial charge is 0.351 e. The Kier molecular flexibility index (Phi) is 3.01. The standard InChI is InChI=1S/C8H16N2OS/c1-6(5-12-2)10-7(11)8(9)3-4-8/h6H,3-5,9H2,1-2H3,(H,10,11). The van der Waals surface area contributed by atoms with E-state index in [9.17, 15) is 4.79 Å². The minimum absolute atomic E-state index is 0.0176. The van der Waals surface area contributed by atoms with Crippen molar-refractivity contribution < 1.29 is 4.79 Å². The van der Waals surface area contributed by atoms with E-state index >= 15 is 0 Å². The van der Waals surface area contributed by atoms with Crippen molar-refractivity contribution in [2.24, 2.45) is 5.73 Å². The second-order valence-corrected chi connectivity index (χ2v) is 4.40. The molecule has 0 aliphatic heterocycles. The lowest BCUT2D eigenvalue weighted by molar-refractivity contribution is -0.123. The highest BCUT2D eigenvalue weighted by Crippen LogP contribution is 2.32. The first-order chi connectivity index (χ1) is 5.58. The van der Waals surface area contributed by atoms with E-state index in [-0.39, 0.29) is 11.9 Å². The van der Waals surface area contributed by atoms with Gasteiger partial charge in [-0.25, -0.2) is 0 Å². The molecule has 1 unspecified atom stereocenters. The van der Waals surface area contributed by atoms with Gasteiger partial charge in [-0.15, -0.1) is 0 Å². The lowest BCUT2D eigenvalue weighted by atomic mass is 10.2. The molecule has 1 saturated carbocycles. The number of nitrogens with two attached hydrogens (primary N) is 1. The van der Waals surface area contributed by atoms with E-state index < -0.39 is 5.54 Å². The van der Waals surface area contributed by atoms with Crippen LogP contribution >= 0.6 is 11.8 Å².